The van der Waals surface area contributed by atoms with Crippen LogP contribution in [0, 0.1) is 11.8 Å². The lowest BCUT2D eigenvalue weighted by atomic mass is 9.89. The Morgan fingerprint density at radius 2 is 1.57 bits per heavy atom. The molecule has 0 radical (unpaired) electrons. The van der Waals surface area contributed by atoms with E-state index in [2.05, 4.69) is 4.74 Å². The molecule has 0 N–H and O–H groups in total. The van der Waals surface area contributed by atoms with Crippen LogP contribution in [-0.4, -0.2) is 11.9 Å². The monoisotopic (exact) mass is 200 g/mol. The van der Waals surface area contributed by atoms with E-state index in [1.807, 2.05) is 27.7 Å². The van der Waals surface area contributed by atoms with E-state index in [-0.39, 0.29) is 23.8 Å². The third-order valence-electron chi connectivity index (χ3n) is 2.33. The van der Waals surface area contributed by atoms with E-state index in [4.69, 9.17) is 0 Å². The van der Waals surface area contributed by atoms with Gasteiger partial charge in [-0.25, -0.2) is 0 Å². The molecule has 0 saturated carbocycles. The van der Waals surface area contributed by atoms with Crippen molar-refractivity contribution in [2.24, 2.45) is 11.8 Å². The van der Waals surface area contributed by atoms with Gasteiger partial charge in [0.1, 0.15) is 0 Å². The van der Waals surface area contributed by atoms with Crippen molar-refractivity contribution < 1.29 is 14.3 Å². The van der Waals surface area contributed by atoms with Gasteiger partial charge in [-0.15, -0.1) is 0 Å². The van der Waals surface area contributed by atoms with Crippen LogP contribution in [0.3, 0.4) is 0 Å². The van der Waals surface area contributed by atoms with Crippen LogP contribution < -0.4 is 0 Å². The van der Waals surface area contributed by atoms with Crippen molar-refractivity contribution in [3.63, 3.8) is 0 Å². The number of cyclic esters (lactones) is 2. The van der Waals surface area contributed by atoms with Gasteiger partial charge in [0.2, 0.25) is 0 Å². The normalized spacial score (nSPS) is 25.4. The molecule has 82 valence electrons. The Morgan fingerprint density at radius 3 is 2.00 bits per heavy atom. The van der Waals surface area contributed by atoms with Gasteiger partial charge in [0, 0.05) is 0 Å². The van der Waals surface area contributed by atoms with E-state index in [1.165, 1.54) is 0 Å². The molecule has 0 aromatic rings. The summed E-state index contributed by atoms with van der Waals surface area (Å²) in [5.41, 5.74) is 0. The topological polar surface area (TPSA) is 43.4 Å². The molecule has 1 rings (SSSR count). The maximum Gasteiger partial charge on any atom is 0.317 e. The Balaban J connectivity index is 0.000000791. The minimum absolute atomic E-state index is 0.174. The fourth-order valence-corrected chi connectivity index (χ4v) is 1.66. The second kappa shape index (κ2) is 6.57. The second-order valence-corrected chi connectivity index (χ2v) is 3.15. The zero-order chi connectivity index (χ0) is 11.1. The average molecular weight is 200 g/mol. The molecule has 0 aromatic carbocycles. The molecule has 1 saturated heterocycles. The van der Waals surface area contributed by atoms with E-state index in [1.54, 1.807) is 0 Å². The minimum Gasteiger partial charge on any atom is -0.393 e. The first kappa shape index (κ1) is 13.1. The minimum atomic E-state index is -0.332. The van der Waals surface area contributed by atoms with E-state index >= 15 is 0 Å². The van der Waals surface area contributed by atoms with E-state index < -0.39 is 0 Å². The van der Waals surface area contributed by atoms with Gasteiger partial charge >= 0.3 is 11.9 Å². The van der Waals surface area contributed by atoms with Crippen molar-refractivity contribution >= 4 is 11.9 Å². The third kappa shape index (κ3) is 2.82. The van der Waals surface area contributed by atoms with Gasteiger partial charge in [0.05, 0.1) is 11.8 Å². The maximum atomic E-state index is 11.1. The largest absolute Gasteiger partial charge is 0.393 e. The van der Waals surface area contributed by atoms with E-state index in [0.29, 0.717) is 6.42 Å². The highest BCUT2D eigenvalue weighted by Crippen LogP contribution is 2.29. The molecule has 3 nitrogen and oxygen atoms in total. The zero-order valence-corrected chi connectivity index (χ0v) is 9.50. The van der Waals surface area contributed by atoms with Crippen LogP contribution in [0.2, 0.25) is 0 Å². The molecular formula is C11H20O3. The Morgan fingerprint density at radius 1 is 1.07 bits per heavy atom. The summed E-state index contributed by atoms with van der Waals surface area (Å²) >= 11 is 0. The lowest BCUT2D eigenvalue weighted by Crippen LogP contribution is -2.16. The summed E-state index contributed by atoms with van der Waals surface area (Å²) in [7, 11) is 0. The van der Waals surface area contributed by atoms with Crippen LogP contribution in [0.15, 0.2) is 0 Å². The van der Waals surface area contributed by atoms with Crippen LogP contribution in [-0.2, 0) is 14.3 Å². The third-order valence-corrected chi connectivity index (χ3v) is 2.33. The molecule has 0 aromatic heterocycles. The lowest BCUT2D eigenvalue weighted by molar-refractivity contribution is -0.153. The summed E-state index contributed by atoms with van der Waals surface area (Å²) in [5.74, 6) is -1.01. The molecule has 1 aliphatic rings. The van der Waals surface area contributed by atoms with Gasteiger partial charge in [-0.2, -0.15) is 0 Å². The highest BCUT2D eigenvalue weighted by Gasteiger charge is 2.41. The maximum absolute atomic E-state index is 11.1. The Bertz CT molecular complexity index is 199. The molecule has 1 heterocycles. The molecular weight excluding hydrogens is 180 g/mol. The number of hydrogen-bond donors (Lipinski definition) is 0. The molecule has 2 unspecified atom stereocenters. The number of ether oxygens (including phenoxy) is 1. The Labute approximate surface area is 85.8 Å². The van der Waals surface area contributed by atoms with Gasteiger partial charge in [0.25, 0.3) is 0 Å². The van der Waals surface area contributed by atoms with Crippen LogP contribution in [0.4, 0.5) is 0 Å². The van der Waals surface area contributed by atoms with Gasteiger partial charge < -0.3 is 4.74 Å². The standard InChI is InChI=1S/C9H14O3.C2H6/c1-3-5-7-6(4-2)8(10)12-9(7)11;1-2/h6-7H,3-5H2,1-2H3;1-2H3. The van der Waals surface area contributed by atoms with E-state index in [9.17, 15) is 9.59 Å². The molecule has 0 spiro atoms. The predicted molar refractivity (Wildman–Crippen MR) is 54.6 cm³/mol. The summed E-state index contributed by atoms with van der Waals surface area (Å²) < 4.78 is 4.55. The number of hydrogen-bond acceptors (Lipinski definition) is 3. The smallest absolute Gasteiger partial charge is 0.317 e. The molecule has 14 heavy (non-hydrogen) atoms. The predicted octanol–water partition coefficient (Wildman–Crippen LogP) is 2.54. The summed E-state index contributed by atoms with van der Waals surface area (Å²) in [6, 6.07) is 0. The fourth-order valence-electron chi connectivity index (χ4n) is 1.66. The second-order valence-electron chi connectivity index (χ2n) is 3.15. The van der Waals surface area contributed by atoms with Crippen molar-refractivity contribution in [1.29, 1.82) is 0 Å². The molecule has 1 fully saturated rings. The lowest BCUT2D eigenvalue weighted by Gasteiger charge is -2.08. The zero-order valence-electron chi connectivity index (χ0n) is 9.50. The van der Waals surface area contributed by atoms with Crippen molar-refractivity contribution in [2.45, 2.75) is 47.0 Å². The van der Waals surface area contributed by atoms with Gasteiger partial charge in [0.15, 0.2) is 0 Å². The molecule has 0 amide bonds. The highest BCUT2D eigenvalue weighted by atomic mass is 16.6. The number of esters is 2. The molecule has 0 bridgehead atoms. The fraction of sp³-hybridized carbons (Fsp3) is 0.818. The van der Waals surface area contributed by atoms with Crippen LogP contribution in [0.1, 0.15) is 47.0 Å². The summed E-state index contributed by atoms with van der Waals surface area (Å²) in [6.07, 6.45) is 2.39. The van der Waals surface area contributed by atoms with Gasteiger partial charge in [-0.05, 0) is 12.8 Å². The van der Waals surface area contributed by atoms with Crippen LogP contribution in [0.25, 0.3) is 0 Å². The first-order valence-electron chi connectivity index (χ1n) is 5.46. The average Bonchev–Trinajstić information content (AvgIpc) is 2.45. The van der Waals surface area contributed by atoms with Crippen LogP contribution >= 0.6 is 0 Å². The van der Waals surface area contributed by atoms with E-state index in [0.717, 1.165) is 12.8 Å². The summed E-state index contributed by atoms with van der Waals surface area (Å²) in [5, 5.41) is 0. The van der Waals surface area contributed by atoms with Crippen molar-refractivity contribution in [1.82, 2.24) is 0 Å². The Hall–Kier alpha value is -0.860. The molecule has 2 atom stereocenters. The SMILES string of the molecule is CC.CCCC1C(=O)OC(=O)C1CC. The number of carbonyl (C=O) groups excluding carboxylic acids is 2. The summed E-state index contributed by atoms with van der Waals surface area (Å²) in [6.45, 7) is 7.91. The number of carbonyl (C=O) groups is 2. The van der Waals surface area contributed by atoms with Gasteiger partial charge in [-0.3, -0.25) is 9.59 Å². The quantitative estimate of drug-likeness (QED) is 0.519. The first-order valence-corrected chi connectivity index (χ1v) is 5.46. The van der Waals surface area contributed by atoms with Gasteiger partial charge in [-0.1, -0.05) is 34.1 Å². The first-order chi connectivity index (χ1) is 6.70. The van der Waals surface area contributed by atoms with Crippen molar-refractivity contribution in [2.75, 3.05) is 0 Å². The van der Waals surface area contributed by atoms with Crippen LogP contribution in [0.5, 0.6) is 0 Å². The Kier molecular flexibility index (Phi) is 6.17. The highest BCUT2D eigenvalue weighted by molar-refractivity contribution is 5.96. The van der Waals surface area contributed by atoms with Crippen molar-refractivity contribution in [3.05, 3.63) is 0 Å². The molecule has 3 heteroatoms. The number of rotatable bonds is 3. The summed E-state index contributed by atoms with van der Waals surface area (Å²) in [4.78, 5) is 22.2. The molecule has 1 aliphatic heterocycles. The molecule has 0 aliphatic carbocycles. The van der Waals surface area contributed by atoms with Crippen molar-refractivity contribution in [3.8, 4) is 0 Å².